The number of guanidine groups is 2. The molecule has 1 heterocycles. The normalized spacial score (nSPS) is 15.0. The van der Waals surface area contributed by atoms with Crippen molar-refractivity contribution in [3.8, 4) is 0 Å². The van der Waals surface area contributed by atoms with Crippen LogP contribution in [0.15, 0.2) is 58.5 Å². The minimum Gasteiger partial charge on any atom is -0.368 e. The van der Waals surface area contributed by atoms with Gasteiger partial charge in [0.2, 0.25) is 11.9 Å². The predicted molar refractivity (Wildman–Crippen MR) is 134 cm³/mol. The average Bonchev–Trinajstić information content (AvgIpc) is 2.68. The van der Waals surface area contributed by atoms with Crippen LogP contribution in [-0.2, 0) is 11.4 Å². The number of hydrogen-bond acceptors (Lipinski definition) is 7. The van der Waals surface area contributed by atoms with E-state index in [1.165, 1.54) is 10.6 Å². The van der Waals surface area contributed by atoms with E-state index in [9.17, 15) is 0 Å². The highest BCUT2D eigenvalue weighted by Crippen LogP contribution is 2.28. The Morgan fingerprint density at radius 1 is 1.06 bits per heavy atom. The number of rotatable bonds is 8. The summed E-state index contributed by atoms with van der Waals surface area (Å²) in [6.07, 6.45) is 0.742. The maximum atomic E-state index is 6.24. The Bertz CT molecular complexity index is 939. The molecule has 2 aromatic carbocycles. The van der Waals surface area contributed by atoms with E-state index in [-0.39, 0.29) is 28.9 Å². The number of benzene rings is 2. The van der Waals surface area contributed by atoms with Gasteiger partial charge >= 0.3 is 0 Å². The first-order chi connectivity index (χ1) is 14.3. The zero-order chi connectivity index (χ0) is 21.7. The van der Waals surface area contributed by atoms with Crippen molar-refractivity contribution in [1.29, 1.82) is 0 Å². The van der Waals surface area contributed by atoms with Crippen molar-refractivity contribution in [2.45, 2.75) is 32.5 Å². The van der Waals surface area contributed by atoms with Gasteiger partial charge in [0.05, 0.1) is 16.7 Å². The molecule has 168 valence electrons. The number of hydrogen-bond donors (Lipinski definition) is 2. The molecule has 0 saturated carbocycles. The Kier molecular flexibility index (Phi) is 9.00. The number of nitrogens with two attached hydrogens (primary N) is 2. The van der Waals surface area contributed by atoms with Crippen molar-refractivity contribution in [2.24, 2.45) is 21.5 Å². The second-order valence-corrected chi connectivity index (χ2v) is 8.24. The minimum absolute atomic E-state index is 0. The van der Waals surface area contributed by atoms with Crippen LogP contribution in [0.2, 0.25) is 10.0 Å². The summed E-state index contributed by atoms with van der Waals surface area (Å²) in [7, 11) is 0. The van der Waals surface area contributed by atoms with Crippen molar-refractivity contribution in [1.82, 2.24) is 5.06 Å². The van der Waals surface area contributed by atoms with Gasteiger partial charge in [-0.05, 0) is 44.0 Å². The standard InChI is InChI=1S/C21H26Cl2N6O.BrH/c1-21(2)27-19(24)26-20(25)29(21)30-12-6-11-28(14-15-7-4-3-5-8-15)16-9-10-17(22)18(23)13-16;/h3-5,7-10,13H,6,11-12,14H2,1-2H3,(H4,24,25,26,27);1H. The number of anilines is 1. The molecule has 1 aliphatic heterocycles. The fourth-order valence-electron chi connectivity index (χ4n) is 3.21. The molecule has 7 nitrogen and oxygen atoms in total. The zero-order valence-electron chi connectivity index (χ0n) is 17.5. The van der Waals surface area contributed by atoms with Crippen LogP contribution in [-0.4, -0.2) is 35.8 Å². The topological polar surface area (TPSA) is 92.5 Å². The largest absolute Gasteiger partial charge is 0.368 e. The molecule has 0 amide bonds. The number of aliphatic imine (C=N–C) groups is 2. The average molecular weight is 530 g/mol. The number of nitrogens with zero attached hydrogens (tertiary/aromatic N) is 4. The van der Waals surface area contributed by atoms with E-state index in [0.29, 0.717) is 16.7 Å². The van der Waals surface area contributed by atoms with Crippen LogP contribution in [0.5, 0.6) is 0 Å². The first-order valence-corrected chi connectivity index (χ1v) is 10.4. The highest BCUT2D eigenvalue weighted by atomic mass is 79.9. The summed E-state index contributed by atoms with van der Waals surface area (Å²) in [5.41, 5.74) is 13.1. The van der Waals surface area contributed by atoms with E-state index in [1.807, 2.05) is 50.2 Å². The molecule has 10 heteroatoms. The Labute approximate surface area is 203 Å². The molecule has 0 unspecified atom stereocenters. The van der Waals surface area contributed by atoms with E-state index >= 15 is 0 Å². The van der Waals surface area contributed by atoms with Gasteiger partial charge in [0.1, 0.15) is 0 Å². The van der Waals surface area contributed by atoms with Gasteiger partial charge in [-0.3, -0.25) is 4.84 Å². The first-order valence-electron chi connectivity index (χ1n) is 9.63. The molecule has 0 saturated heterocycles. The van der Waals surface area contributed by atoms with Crippen LogP contribution in [0.1, 0.15) is 25.8 Å². The van der Waals surface area contributed by atoms with Gasteiger partial charge in [0.15, 0.2) is 5.66 Å². The summed E-state index contributed by atoms with van der Waals surface area (Å²) >= 11 is 12.3. The SMILES string of the molecule is Br.CC1(C)N=C(N)N=C(N)N1OCCCN(Cc1ccccc1)c1ccc(Cl)c(Cl)c1. The molecule has 0 aromatic heterocycles. The first kappa shape index (κ1) is 25.3. The van der Waals surface area contributed by atoms with Gasteiger partial charge in [0, 0.05) is 18.8 Å². The van der Waals surface area contributed by atoms with Crippen molar-refractivity contribution >= 4 is 57.8 Å². The van der Waals surface area contributed by atoms with Gasteiger partial charge < -0.3 is 16.4 Å². The van der Waals surface area contributed by atoms with Crippen molar-refractivity contribution < 1.29 is 4.84 Å². The van der Waals surface area contributed by atoms with Crippen LogP contribution < -0.4 is 16.4 Å². The molecule has 2 aromatic rings. The lowest BCUT2D eigenvalue weighted by Crippen LogP contribution is -2.53. The smallest absolute Gasteiger partial charge is 0.226 e. The van der Waals surface area contributed by atoms with Gasteiger partial charge in [-0.15, -0.1) is 17.0 Å². The summed E-state index contributed by atoms with van der Waals surface area (Å²) in [6, 6.07) is 15.9. The molecule has 4 N–H and O–H groups in total. The molecule has 0 fully saturated rings. The Morgan fingerprint density at radius 3 is 2.42 bits per heavy atom. The summed E-state index contributed by atoms with van der Waals surface area (Å²) in [6.45, 7) is 5.63. The monoisotopic (exact) mass is 528 g/mol. The lowest BCUT2D eigenvalue weighted by atomic mass is 10.2. The summed E-state index contributed by atoms with van der Waals surface area (Å²) < 4.78 is 0. The van der Waals surface area contributed by atoms with Crippen LogP contribution in [0.25, 0.3) is 0 Å². The maximum absolute atomic E-state index is 6.24. The molecule has 0 bridgehead atoms. The lowest BCUT2D eigenvalue weighted by molar-refractivity contribution is -0.157. The summed E-state index contributed by atoms with van der Waals surface area (Å²) in [4.78, 5) is 16.4. The van der Waals surface area contributed by atoms with Gasteiger partial charge in [-0.25, -0.2) is 4.99 Å². The molecule has 0 spiro atoms. The van der Waals surface area contributed by atoms with E-state index < -0.39 is 5.66 Å². The second kappa shape index (κ2) is 11.0. The molecule has 3 rings (SSSR count). The number of hydroxylamine groups is 2. The Balaban J connectivity index is 0.00000341. The predicted octanol–water partition coefficient (Wildman–Crippen LogP) is 4.58. The third-order valence-corrected chi connectivity index (χ3v) is 5.34. The van der Waals surface area contributed by atoms with E-state index in [0.717, 1.165) is 25.2 Å². The van der Waals surface area contributed by atoms with E-state index in [1.54, 1.807) is 0 Å². The van der Waals surface area contributed by atoms with Crippen molar-refractivity contribution in [3.63, 3.8) is 0 Å². The summed E-state index contributed by atoms with van der Waals surface area (Å²) in [5.74, 6) is 0.337. The zero-order valence-corrected chi connectivity index (χ0v) is 20.7. The van der Waals surface area contributed by atoms with Crippen molar-refractivity contribution in [2.75, 3.05) is 18.1 Å². The molecular weight excluding hydrogens is 503 g/mol. The van der Waals surface area contributed by atoms with Crippen LogP contribution >= 0.6 is 40.2 Å². The Hall–Kier alpha value is -2.00. The maximum Gasteiger partial charge on any atom is 0.226 e. The molecule has 0 atom stereocenters. The highest BCUT2D eigenvalue weighted by Gasteiger charge is 2.33. The molecule has 0 radical (unpaired) electrons. The minimum atomic E-state index is -0.719. The highest BCUT2D eigenvalue weighted by molar-refractivity contribution is 8.93. The number of halogens is 3. The molecule has 1 aliphatic rings. The van der Waals surface area contributed by atoms with Crippen LogP contribution in [0.3, 0.4) is 0 Å². The lowest BCUT2D eigenvalue weighted by Gasteiger charge is -2.37. The summed E-state index contributed by atoms with van der Waals surface area (Å²) in [5, 5.41) is 2.55. The van der Waals surface area contributed by atoms with Crippen LogP contribution in [0, 0.1) is 0 Å². The van der Waals surface area contributed by atoms with E-state index in [4.69, 9.17) is 39.5 Å². The third kappa shape index (κ3) is 6.74. The Morgan fingerprint density at radius 2 is 1.77 bits per heavy atom. The van der Waals surface area contributed by atoms with Gasteiger partial charge in [0.25, 0.3) is 0 Å². The molecular formula is C21H27BrCl2N6O. The fourth-order valence-corrected chi connectivity index (χ4v) is 3.51. The van der Waals surface area contributed by atoms with Crippen molar-refractivity contribution in [3.05, 3.63) is 64.1 Å². The second-order valence-electron chi connectivity index (χ2n) is 7.42. The molecule has 31 heavy (non-hydrogen) atoms. The van der Waals surface area contributed by atoms with E-state index in [2.05, 4.69) is 27.0 Å². The fraction of sp³-hybridized carbons (Fsp3) is 0.333. The molecule has 0 aliphatic carbocycles. The van der Waals surface area contributed by atoms with Gasteiger partial charge in [-0.1, -0.05) is 53.5 Å². The third-order valence-electron chi connectivity index (χ3n) is 4.60. The quantitative estimate of drug-likeness (QED) is 0.488. The van der Waals surface area contributed by atoms with Crippen LogP contribution in [0.4, 0.5) is 5.69 Å². The van der Waals surface area contributed by atoms with Gasteiger partial charge in [-0.2, -0.15) is 10.1 Å².